The lowest BCUT2D eigenvalue weighted by Gasteiger charge is -2.46. The minimum Gasteiger partial charge on any atom is -0.489 e. The largest absolute Gasteiger partial charge is 0.489 e. The van der Waals surface area contributed by atoms with Crippen LogP contribution in [0.15, 0.2) is 212 Å². The Bertz CT molecular complexity index is 4450. The van der Waals surface area contributed by atoms with E-state index in [0.29, 0.717) is 35.5 Å². The van der Waals surface area contributed by atoms with Gasteiger partial charge in [-0.1, -0.05) is 168 Å². The number of ether oxygens (including phenoxy) is 2. The number of nitrogens with zero attached hydrogens (tertiary/aromatic N) is 4. The molecule has 6 nitrogen and oxygen atoms in total. The fraction of sp³-hybridized carbons (Fsp3) is 0.0588. The zero-order valence-electron chi connectivity index (χ0n) is 41.9. The van der Waals surface area contributed by atoms with Gasteiger partial charge in [0.1, 0.15) is 57.1 Å². The van der Waals surface area contributed by atoms with Gasteiger partial charge in [-0.3, -0.25) is 0 Å². The summed E-state index contributed by atoms with van der Waals surface area (Å²) >= 11 is 11.8. The van der Waals surface area contributed by atoms with E-state index in [9.17, 15) is 21.0 Å². The maximum atomic E-state index is 10.3. The van der Waals surface area contributed by atoms with Gasteiger partial charge in [0.25, 0.3) is 0 Å². The van der Waals surface area contributed by atoms with E-state index in [2.05, 4.69) is 132 Å². The first-order valence-corrected chi connectivity index (χ1v) is 30.6. The minimum atomic E-state index is -0.398. The molecule has 12 heteroatoms. The Morgan fingerprint density at radius 1 is 0.350 bits per heavy atom. The van der Waals surface area contributed by atoms with Crippen LogP contribution in [0, 0.1) is 45.3 Å². The van der Waals surface area contributed by atoms with Crippen LogP contribution in [-0.4, -0.2) is 0 Å². The number of thioether (sulfide) groups is 4. The molecule has 0 bridgehead atoms. The fourth-order valence-corrected chi connectivity index (χ4v) is 22.4. The number of hydrogen-bond acceptors (Lipinski definition) is 12. The summed E-state index contributed by atoms with van der Waals surface area (Å²) in [6, 6.07) is 71.3. The standard InChI is InChI=1S/C68H36N4O2S6/c69-31-53-45-9-1-3-11-47(45)55(33-71)51-29-39(17-27-49(51)53)35-73-43-23-19-41(20-24-43)57-37-75-65-63(57)64-58(38-76-66(64)68(79-61-15-7-8-16-62(61)80-68)67(65)77-59-13-5-6-14-60(59)78-67)42-21-25-44(26-22-42)74-36-40-18-28-50-52(30-40)56(34-72)48-12-4-2-10-46(48)54(50)32-70/h1-30,37-38H,35-36H2. The van der Waals surface area contributed by atoms with E-state index in [4.69, 9.17) is 9.47 Å². The van der Waals surface area contributed by atoms with Crippen LogP contribution in [0.2, 0.25) is 0 Å². The number of thiophene rings is 2. The van der Waals surface area contributed by atoms with Crippen LogP contribution in [0.5, 0.6) is 11.5 Å². The van der Waals surface area contributed by atoms with Gasteiger partial charge in [0.2, 0.25) is 0 Å². The average Bonchev–Trinajstić information content (AvgIpc) is 2.50. The van der Waals surface area contributed by atoms with Crippen LogP contribution in [0.1, 0.15) is 43.1 Å². The lowest BCUT2D eigenvalue weighted by Crippen LogP contribution is -2.39. The van der Waals surface area contributed by atoms with Crippen molar-refractivity contribution >= 4 is 113 Å². The monoisotopic (exact) mass is 1130 g/mol. The Labute approximate surface area is 485 Å². The Morgan fingerprint density at radius 3 is 1.00 bits per heavy atom. The highest BCUT2D eigenvalue weighted by atomic mass is 32.2. The third-order valence-electron chi connectivity index (χ3n) is 15.3. The predicted octanol–water partition coefficient (Wildman–Crippen LogP) is 19.2. The van der Waals surface area contributed by atoms with Crippen molar-refractivity contribution in [2.24, 2.45) is 0 Å². The molecule has 2 aliphatic heterocycles. The molecular formula is C68H36N4O2S6. The van der Waals surface area contributed by atoms with Crippen molar-refractivity contribution in [3.05, 3.63) is 236 Å². The van der Waals surface area contributed by atoms with Gasteiger partial charge >= 0.3 is 0 Å². The molecule has 0 atom stereocenters. The van der Waals surface area contributed by atoms with E-state index in [1.54, 1.807) is 0 Å². The highest BCUT2D eigenvalue weighted by Gasteiger charge is 2.67. The van der Waals surface area contributed by atoms with Crippen LogP contribution in [0.25, 0.3) is 76.5 Å². The van der Waals surface area contributed by atoms with Crippen LogP contribution >= 0.6 is 69.7 Å². The first kappa shape index (κ1) is 48.7. The quantitative estimate of drug-likeness (QED) is 0.136. The third-order valence-corrected chi connectivity index (χ3v) is 25.3. The zero-order chi connectivity index (χ0) is 53.7. The van der Waals surface area contributed by atoms with Crippen molar-refractivity contribution in [1.82, 2.24) is 0 Å². The molecule has 0 fully saturated rings. The number of nitriles is 4. The number of hydrogen-bond donors (Lipinski definition) is 0. The second kappa shape index (κ2) is 19.2. The van der Waals surface area contributed by atoms with E-state index in [1.807, 2.05) is 155 Å². The maximum Gasteiger partial charge on any atom is 0.134 e. The summed E-state index contributed by atoms with van der Waals surface area (Å²) in [5.74, 6) is 1.46. The van der Waals surface area contributed by atoms with Gasteiger partial charge in [0, 0.05) is 94.7 Å². The van der Waals surface area contributed by atoms with E-state index in [0.717, 1.165) is 76.8 Å². The Hall–Kier alpha value is -8.40. The van der Waals surface area contributed by atoms with Gasteiger partial charge in [-0.2, -0.15) is 21.0 Å². The molecule has 2 aromatic heterocycles. The Kier molecular flexibility index (Phi) is 11.7. The second-order valence-electron chi connectivity index (χ2n) is 19.7. The Balaban J connectivity index is 0.788. The molecule has 0 amide bonds. The number of fused-ring (bicyclic) bond motifs is 12. The first-order chi connectivity index (χ1) is 39.4. The molecule has 2 spiro atoms. The lowest BCUT2D eigenvalue weighted by molar-refractivity contribution is 0.306. The van der Waals surface area contributed by atoms with Gasteiger partial charge in [-0.05, 0) is 93.7 Å². The van der Waals surface area contributed by atoms with Gasteiger partial charge in [0.05, 0.1) is 22.3 Å². The summed E-state index contributed by atoms with van der Waals surface area (Å²) in [7, 11) is 0. The number of rotatable bonds is 8. The van der Waals surface area contributed by atoms with E-state index < -0.39 is 8.16 Å². The van der Waals surface area contributed by atoms with E-state index in [1.165, 1.54) is 51.6 Å². The van der Waals surface area contributed by atoms with Crippen LogP contribution in [0.3, 0.4) is 0 Å². The minimum absolute atomic E-state index is 0.292. The summed E-state index contributed by atoms with van der Waals surface area (Å²) in [5, 5.41) is 51.9. The van der Waals surface area contributed by atoms with Crippen molar-refractivity contribution in [3.8, 4) is 69.2 Å². The fourth-order valence-electron chi connectivity index (χ4n) is 11.7. The third kappa shape index (κ3) is 7.38. The Morgan fingerprint density at radius 2 is 0.662 bits per heavy atom. The highest BCUT2D eigenvalue weighted by molar-refractivity contribution is 8.26. The molecule has 0 saturated carbocycles. The summed E-state index contributed by atoms with van der Waals surface area (Å²) in [6.45, 7) is 0.583. The zero-order valence-corrected chi connectivity index (χ0v) is 46.8. The van der Waals surface area contributed by atoms with Gasteiger partial charge < -0.3 is 9.47 Å². The molecule has 1 aliphatic carbocycles. The van der Waals surface area contributed by atoms with Crippen molar-refractivity contribution in [1.29, 1.82) is 21.0 Å². The molecule has 80 heavy (non-hydrogen) atoms. The molecule has 4 heterocycles. The molecule has 0 unspecified atom stereocenters. The van der Waals surface area contributed by atoms with Crippen molar-refractivity contribution in [3.63, 3.8) is 0 Å². The topological polar surface area (TPSA) is 114 Å². The van der Waals surface area contributed by atoms with Crippen LogP contribution in [0.4, 0.5) is 0 Å². The molecule has 12 aromatic rings. The van der Waals surface area contributed by atoms with Crippen LogP contribution in [-0.2, 0) is 21.4 Å². The van der Waals surface area contributed by atoms with E-state index >= 15 is 0 Å². The maximum absolute atomic E-state index is 10.3. The summed E-state index contributed by atoms with van der Waals surface area (Å²) in [5.41, 5.74) is 11.1. The normalized spacial score (nSPS) is 14.1. The molecule has 0 N–H and O–H groups in total. The van der Waals surface area contributed by atoms with Crippen LogP contribution < -0.4 is 9.47 Å². The molecule has 0 saturated heterocycles. The second-order valence-corrected chi connectivity index (χ2v) is 27.0. The number of benzene rings is 10. The molecule has 0 radical (unpaired) electrons. The molecule has 376 valence electrons. The van der Waals surface area contributed by atoms with Crippen molar-refractivity contribution < 1.29 is 9.47 Å². The summed E-state index contributed by atoms with van der Waals surface area (Å²) < 4.78 is 12.2. The SMILES string of the molecule is N#Cc1c2ccccc2c(C#N)c2cc(COc3ccc(-c4csc5c4-c4c(-c6ccc(OCc7ccc8c(C#N)c9ccccc9c(C#N)c8c7)cc6)csc4C4(Sc6ccccc6S4)C54Sc5ccccc5S4)cc3)ccc12. The van der Waals surface area contributed by atoms with E-state index in [-0.39, 0.29) is 0 Å². The smallest absolute Gasteiger partial charge is 0.134 e. The van der Waals surface area contributed by atoms with Crippen molar-refractivity contribution in [2.75, 3.05) is 0 Å². The average molecular weight is 1130 g/mol. The van der Waals surface area contributed by atoms with Crippen molar-refractivity contribution in [2.45, 2.75) is 41.0 Å². The summed E-state index contributed by atoms with van der Waals surface area (Å²) in [6.07, 6.45) is 0. The summed E-state index contributed by atoms with van der Waals surface area (Å²) in [4.78, 5) is 7.91. The molecule has 3 aliphatic rings. The molecule has 10 aromatic carbocycles. The molecular weight excluding hydrogens is 1100 g/mol. The van der Waals surface area contributed by atoms with Gasteiger partial charge in [-0.15, -0.1) is 22.7 Å². The van der Waals surface area contributed by atoms with Gasteiger partial charge in [0.15, 0.2) is 0 Å². The molecule has 15 rings (SSSR count). The lowest BCUT2D eigenvalue weighted by atomic mass is 9.86. The first-order valence-electron chi connectivity index (χ1n) is 25.6. The highest BCUT2D eigenvalue weighted by Crippen LogP contribution is 2.84. The predicted molar refractivity (Wildman–Crippen MR) is 329 cm³/mol. The van der Waals surface area contributed by atoms with Gasteiger partial charge in [-0.25, -0.2) is 0 Å².